The first-order valence-corrected chi connectivity index (χ1v) is 11.0. The van der Waals surface area contributed by atoms with E-state index in [4.69, 9.17) is 23.7 Å². The van der Waals surface area contributed by atoms with E-state index >= 15 is 0 Å². The van der Waals surface area contributed by atoms with Gasteiger partial charge in [0.15, 0.2) is 0 Å². The van der Waals surface area contributed by atoms with Crippen LogP contribution in [-0.4, -0.2) is 42.2 Å². The highest BCUT2D eigenvalue weighted by atomic mass is 16.5. The van der Waals surface area contributed by atoms with Crippen LogP contribution in [0.15, 0.2) is 72.5 Å². The summed E-state index contributed by atoms with van der Waals surface area (Å²) in [4.78, 5) is 0. The zero-order chi connectivity index (χ0) is 25.3. The van der Waals surface area contributed by atoms with Gasteiger partial charge >= 0.3 is 0 Å². The lowest BCUT2D eigenvalue weighted by atomic mass is 10.1. The summed E-state index contributed by atoms with van der Waals surface area (Å²) in [6.45, 7) is 8.68. The van der Waals surface area contributed by atoms with Gasteiger partial charge in [-0.05, 0) is 60.4 Å². The third-order valence-corrected chi connectivity index (χ3v) is 4.56. The molecule has 186 valence electrons. The predicted octanol–water partition coefficient (Wildman–Crippen LogP) is 6.15. The lowest BCUT2D eigenvalue weighted by molar-refractivity contribution is 0.277. The molecule has 0 unspecified atom stereocenters. The number of aryl methyl sites for hydroxylation is 1. The lowest BCUT2D eigenvalue weighted by Gasteiger charge is -2.13. The monoisotopic (exact) mass is 470 g/mol. The number of rotatable bonds is 12. The normalized spacial score (nSPS) is 10.9. The number of ether oxygens (including phenoxy) is 6. The van der Waals surface area contributed by atoms with Crippen LogP contribution in [0.4, 0.5) is 0 Å². The van der Waals surface area contributed by atoms with Crippen LogP contribution in [0.25, 0.3) is 0 Å². The summed E-state index contributed by atoms with van der Waals surface area (Å²) in [6, 6.07) is 11.6. The van der Waals surface area contributed by atoms with Crippen LogP contribution in [0, 0.1) is 0 Å². The molecule has 0 aliphatic heterocycles. The molecule has 2 aromatic rings. The van der Waals surface area contributed by atoms with Gasteiger partial charge in [0.05, 0.1) is 21.3 Å². The van der Waals surface area contributed by atoms with Gasteiger partial charge in [0.2, 0.25) is 0 Å². The molecule has 2 aromatic carbocycles. The number of allylic oxidation sites excluding steroid dienone is 2. The Morgan fingerprint density at radius 2 is 1.32 bits per heavy atom. The minimum Gasteiger partial charge on any atom is -0.497 e. The minimum atomic E-state index is 0.386. The Kier molecular flexibility index (Phi) is 13.7. The highest BCUT2D eigenvalue weighted by Crippen LogP contribution is 2.27. The van der Waals surface area contributed by atoms with Crippen molar-refractivity contribution in [2.75, 3.05) is 42.2 Å². The fraction of sp³-hybridized carbons (Fsp3) is 0.357. The van der Waals surface area contributed by atoms with Crippen LogP contribution in [0.1, 0.15) is 25.0 Å². The van der Waals surface area contributed by atoms with E-state index in [-0.39, 0.29) is 0 Å². The minimum absolute atomic E-state index is 0.386. The van der Waals surface area contributed by atoms with Gasteiger partial charge < -0.3 is 28.4 Å². The standard InChI is InChI=1S/C26H32O5.C2H6O/c1-7-9-21(10-19(3)27-4)17-30-25-11-20(8-2)12-26(16-25)31-18-22-13-23(28-5)15-24(14-22)29-6;1-3-2/h7,9-16H,3,8,17-18H2,1-2,4-6H3;1-2H3/b9-7-,21-10+;. The molecular formula is C28H38O6. The Morgan fingerprint density at radius 1 is 0.794 bits per heavy atom. The van der Waals surface area contributed by atoms with Crippen molar-refractivity contribution in [3.63, 3.8) is 0 Å². The van der Waals surface area contributed by atoms with Gasteiger partial charge in [0, 0.05) is 26.4 Å². The SMILES string of the molecule is C=C(/C=C(\C=C/C)COc1cc(CC)cc(OCc2cc(OC)cc(OC)c2)c1)OC.COC. The van der Waals surface area contributed by atoms with E-state index in [1.54, 1.807) is 35.5 Å². The smallest absolute Gasteiger partial charge is 0.123 e. The molecule has 0 aromatic heterocycles. The Balaban J connectivity index is 0.00000182. The Bertz CT molecular complexity index is 924. The number of benzene rings is 2. The van der Waals surface area contributed by atoms with Crippen molar-refractivity contribution >= 4 is 0 Å². The van der Waals surface area contributed by atoms with E-state index in [9.17, 15) is 0 Å². The summed E-state index contributed by atoms with van der Waals surface area (Å²) in [7, 11) is 8.11. The van der Waals surface area contributed by atoms with Crippen LogP contribution < -0.4 is 18.9 Å². The second kappa shape index (κ2) is 16.3. The second-order valence-electron chi connectivity index (χ2n) is 7.26. The van der Waals surface area contributed by atoms with E-state index in [1.165, 1.54) is 0 Å². The molecule has 2 rings (SSSR count). The number of methoxy groups -OCH3 is 4. The topological polar surface area (TPSA) is 55.4 Å². The summed E-state index contributed by atoms with van der Waals surface area (Å²) in [6.07, 6.45) is 6.66. The third kappa shape index (κ3) is 10.5. The van der Waals surface area contributed by atoms with E-state index in [0.717, 1.165) is 46.1 Å². The Hall–Kier alpha value is -3.38. The average Bonchev–Trinajstić information content (AvgIpc) is 2.86. The average molecular weight is 471 g/mol. The largest absolute Gasteiger partial charge is 0.497 e. The van der Waals surface area contributed by atoms with Gasteiger partial charge in [0.1, 0.15) is 42.0 Å². The number of hydrogen-bond acceptors (Lipinski definition) is 6. The second-order valence-corrected chi connectivity index (χ2v) is 7.26. The van der Waals surface area contributed by atoms with Crippen LogP contribution in [-0.2, 0) is 22.5 Å². The van der Waals surface area contributed by atoms with Crippen LogP contribution in [0.3, 0.4) is 0 Å². The molecule has 0 bridgehead atoms. The Labute approximate surface area is 204 Å². The van der Waals surface area contributed by atoms with Crippen molar-refractivity contribution in [2.45, 2.75) is 26.9 Å². The molecule has 0 atom stereocenters. The maximum atomic E-state index is 6.06. The van der Waals surface area contributed by atoms with Gasteiger partial charge in [-0.3, -0.25) is 0 Å². The van der Waals surface area contributed by atoms with E-state index in [1.807, 2.05) is 61.5 Å². The first-order valence-electron chi connectivity index (χ1n) is 11.0. The summed E-state index contributed by atoms with van der Waals surface area (Å²) in [5.74, 6) is 3.53. The van der Waals surface area contributed by atoms with Gasteiger partial charge in [-0.25, -0.2) is 0 Å². The molecule has 0 saturated carbocycles. The van der Waals surface area contributed by atoms with Crippen molar-refractivity contribution < 1.29 is 28.4 Å². The van der Waals surface area contributed by atoms with E-state index < -0.39 is 0 Å². The van der Waals surface area contributed by atoms with Crippen molar-refractivity contribution in [3.05, 3.63) is 83.7 Å². The third-order valence-electron chi connectivity index (χ3n) is 4.56. The molecule has 0 spiro atoms. The van der Waals surface area contributed by atoms with Gasteiger partial charge in [-0.15, -0.1) is 0 Å². The van der Waals surface area contributed by atoms with Crippen molar-refractivity contribution in [1.82, 2.24) is 0 Å². The molecule has 0 amide bonds. The van der Waals surface area contributed by atoms with Crippen LogP contribution in [0.2, 0.25) is 0 Å². The molecule has 0 heterocycles. The van der Waals surface area contributed by atoms with E-state index in [0.29, 0.717) is 19.0 Å². The highest BCUT2D eigenvalue weighted by molar-refractivity contribution is 5.41. The maximum absolute atomic E-state index is 6.06. The molecular weight excluding hydrogens is 432 g/mol. The molecule has 0 aliphatic rings. The molecule has 0 fully saturated rings. The summed E-state index contributed by atoms with van der Waals surface area (Å²) in [5.41, 5.74) is 3.05. The first kappa shape index (κ1) is 28.7. The maximum Gasteiger partial charge on any atom is 0.123 e. The first-order chi connectivity index (χ1) is 16.4. The fourth-order valence-electron chi connectivity index (χ4n) is 2.90. The molecule has 6 heteroatoms. The zero-order valence-electron chi connectivity index (χ0n) is 21.5. The van der Waals surface area contributed by atoms with Crippen molar-refractivity contribution in [2.24, 2.45) is 0 Å². The quantitative estimate of drug-likeness (QED) is 0.274. The lowest BCUT2D eigenvalue weighted by Crippen LogP contribution is -2.02. The van der Waals surface area contributed by atoms with Crippen LogP contribution in [0.5, 0.6) is 23.0 Å². The van der Waals surface area contributed by atoms with Gasteiger partial charge in [-0.1, -0.05) is 25.7 Å². The molecule has 6 nitrogen and oxygen atoms in total. The summed E-state index contributed by atoms with van der Waals surface area (Å²) < 4.78 is 32.2. The molecule has 0 N–H and O–H groups in total. The van der Waals surface area contributed by atoms with Crippen molar-refractivity contribution in [3.8, 4) is 23.0 Å². The molecule has 0 radical (unpaired) electrons. The molecule has 0 aliphatic carbocycles. The summed E-state index contributed by atoms with van der Waals surface area (Å²) in [5, 5.41) is 0. The molecule has 34 heavy (non-hydrogen) atoms. The fourth-order valence-corrected chi connectivity index (χ4v) is 2.90. The highest BCUT2D eigenvalue weighted by Gasteiger charge is 2.07. The van der Waals surface area contributed by atoms with Gasteiger partial charge in [-0.2, -0.15) is 0 Å². The summed E-state index contributed by atoms with van der Waals surface area (Å²) >= 11 is 0. The van der Waals surface area contributed by atoms with Crippen molar-refractivity contribution in [1.29, 1.82) is 0 Å². The van der Waals surface area contributed by atoms with Crippen LogP contribution >= 0.6 is 0 Å². The predicted molar refractivity (Wildman–Crippen MR) is 137 cm³/mol. The van der Waals surface area contributed by atoms with Gasteiger partial charge in [0.25, 0.3) is 0 Å². The molecule has 0 saturated heterocycles. The number of hydrogen-bond donors (Lipinski definition) is 0. The Morgan fingerprint density at radius 3 is 1.82 bits per heavy atom. The zero-order valence-corrected chi connectivity index (χ0v) is 21.5. The van der Waals surface area contributed by atoms with E-state index in [2.05, 4.69) is 18.2 Å².